The van der Waals surface area contributed by atoms with Gasteiger partial charge in [-0.1, -0.05) is 0 Å². The first kappa shape index (κ1) is 14.6. The molecule has 2 saturated heterocycles. The van der Waals surface area contributed by atoms with E-state index < -0.39 is 0 Å². The lowest BCUT2D eigenvalue weighted by molar-refractivity contribution is 0.0916. The molecule has 2 aromatic rings. The Balaban J connectivity index is 1.42. The molecule has 4 nitrogen and oxygen atoms in total. The Labute approximate surface area is 138 Å². The number of piperidine rings is 1. The Morgan fingerprint density at radius 2 is 2.09 bits per heavy atom. The second kappa shape index (κ2) is 5.91. The van der Waals surface area contributed by atoms with E-state index in [-0.39, 0.29) is 5.78 Å². The zero-order chi connectivity index (χ0) is 15.0. The van der Waals surface area contributed by atoms with Crippen LogP contribution in [0.25, 0.3) is 11.0 Å². The van der Waals surface area contributed by atoms with Gasteiger partial charge in [-0.2, -0.15) is 0 Å². The van der Waals surface area contributed by atoms with Crippen LogP contribution in [0.2, 0.25) is 0 Å². The van der Waals surface area contributed by atoms with Crippen molar-refractivity contribution in [3.63, 3.8) is 0 Å². The van der Waals surface area contributed by atoms with Gasteiger partial charge in [0.15, 0.2) is 5.78 Å². The molecule has 0 saturated carbocycles. The fourth-order valence-corrected chi connectivity index (χ4v) is 6.50. The number of ketones is 1. The number of rotatable bonds is 3. The van der Waals surface area contributed by atoms with Gasteiger partial charge in [0.05, 0.1) is 10.6 Å². The number of carbonyl (C=O) groups is 1. The number of hydrogen-bond acceptors (Lipinski definition) is 5. The number of thioether (sulfide) groups is 2. The Morgan fingerprint density at radius 1 is 1.32 bits per heavy atom. The largest absolute Gasteiger partial charge is 0.345 e. The molecule has 0 bridgehead atoms. The van der Waals surface area contributed by atoms with Gasteiger partial charge in [-0.25, -0.2) is 4.98 Å². The van der Waals surface area contributed by atoms with Crippen LogP contribution in [0.4, 0.5) is 0 Å². The van der Waals surface area contributed by atoms with Crippen molar-refractivity contribution < 1.29 is 4.79 Å². The standard InChI is InChI=1S/C16H19N3OS2/c20-14(13-10-18-15-12(13)2-1-5-17-15)11-19-6-3-16(4-7-19)21-8-9-22-16/h1-2,5,10H,3-4,6-9,11H2,(H,17,18). The molecule has 1 N–H and O–H groups in total. The van der Waals surface area contributed by atoms with E-state index in [1.165, 1.54) is 24.3 Å². The zero-order valence-corrected chi connectivity index (χ0v) is 14.0. The molecular weight excluding hydrogens is 314 g/mol. The first-order valence-electron chi connectivity index (χ1n) is 7.71. The van der Waals surface area contributed by atoms with Gasteiger partial charge in [-0.05, 0) is 25.0 Å². The SMILES string of the molecule is O=C(CN1CCC2(CC1)SCCS2)c1c[nH]c2ncccc12. The summed E-state index contributed by atoms with van der Waals surface area (Å²) in [5.41, 5.74) is 1.57. The number of Topliss-reactive ketones (excluding diaryl/α,β-unsaturated/α-hetero) is 1. The summed E-state index contributed by atoms with van der Waals surface area (Å²) in [5.74, 6) is 2.76. The first-order valence-corrected chi connectivity index (χ1v) is 9.68. The van der Waals surface area contributed by atoms with Crippen LogP contribution < -0.4 is 0 Å². The Morgan fingerprint density at radius 3 is 2.86 bits per heavy atom. The lowest BCUT2D eigenvalue weighted by atomic mass is 10.1. The number of aromatic nitrogens is 2. The molecule has 0 unspecified atom stereocenters. The number of nitrogens with zero attached hydrogens (tertiary/aromatic N) is 2. The molecule has 0 atom stereocenters. The molecular formula is C16H19N3OS2. The van der Waals surface area contributed by atoms with Gasteiger partial charge in [-0.15, -0.1) is 23.5 Å². The molecule has 4 rings (SSSR count). The highest BCUT2D eigenvalue weighted by atomic mass is 32.2. The maximum absolute atomic E-state index is 12.6. The van der Waals surface area contributed by atoms with Crippen LogP contribution in [0.5, 0.6) is 0 Å². The molecule has 2 fully saturated rings. The molecule has 0 radical (unpaired) electrons. The number of fused-ring (bicyclic) bond motifs is 1. The second-order valence-corrected chi connectivity index (χ2v) is 9.12. The van der Waals surface area contributed by atoms with Crippen LogP contribution in [0, 0.1) is 0 Å². The van der Waals surface area contributed by atoms with E-state index in [1.807, 2.05) is 12.1 Å². The molecule has 22 heavy (non-hydrogen) atoms. The lowest BCUT2D eigenvalue weighted by Crippen LogP contribution is -2.42. The van der Waals surface area contributed by atoms with Crippen LogP contribution in [-0.2, 0) is 0 Å². The van der Waals surface area contributed by atoms with E-state index in [0.29, 0.717) is 10.6 Å². The third-order valence-corrected chi connectivity index (χ3v) is 8.20. The molecule has 0 aromatic carbocycles. The van der Waals surface area contributed by atoms with Gasteiger partial charge in [0.25, 0.3) is 0 Å². The molecule has 116 valence electrons. The summed E-state index contributed by atoms with van der Waals surface area (Å²) in [6.45, 7) is 2.59. The quantitative estimate of drug-likeness (QED) is 0.875. The average Bonchev–Trinajstić information content (AvgIpc) is 3.17. The summed E-state index contributed by atoms with van der Waals surface area (Å²) in [7, 11) is 0. The number of pyridine rings is 1. The summed E-state index contributed by atoms with van der Waals surface area (Å²) in [4.78, 5) is 22.2. The van der Waals surface area contributed by atoms with Crippen molar-refractivity contribution in [2.75, 3.05) is 31.1 Å². The minimum absolute atomic E-state index is 0.196. The van der Waals surface area contributed by atoms with Crippen LogP contribution in [0.15, 0.2) is 24.5 Å². The predicted octanol–water partition coefficient (Wildman–Crippen LogP) is 3.02. The highest BCUT2D eigenvalue weighted by Gasteiger charge is 2.38. The first-order chi connectivity index (χ1) is 10.8. The molecule has 0 amide bonds. The van der Waals surface area contributed by atoms with Crippen molar-refractivity contribution in [2.45, 2.75) is 16.9 Å². The summed E-state index contributed by atoms with van der Waals surface area (Å²) in [6.07, 6.45) is 5.94. The van der Waals surface area contributed by atoms with Crippen molar-refractivity contribution in [3.05, 3.63) is 30.1 Å². The van der Waals surface area contributed by atoms with Crippen LogP contribution in [0.1, 0.15) is 23.2 Å². The zero-order valence-electron chi connectivity index (χ0n) is 12.4. The van der Waals surface area contributed by atoms with Gasteiger partial charge in [0.2, 0.25) is 0 Å². The number of aromatic amines is 1. The van der Waals surface area contributed by atoms with Gasteiger partial charge in [-0.3, -0.25) is 9.69 Å². The number of nitrogens with one attached hydrogen (secondary N) is 1. The van der Waals surface area contributed by atoms with E-state index in [0.717, 1.165) is 29.7 Å². The topological polar surface area (TPSA) is 49.0 Å². The van der Waals surface area contributed by atoms with Crippen molar-refractivity contribution >= 4 is 40.3 Å². The van der Waals surface area contributed by atoms with Gasteiger partial charge >= 0.3 is 0 Å². The summed E-state index contributed by atoms with van der Waals surface area (Å²) < 4.78 is 0.449. The normalized spacial score (nSPS) is 21.6. The predicted molar refractivity (Wildman–Crippen MR) is 93.7 cm³/mol. The van der Waals surface area contributed by atoms with Crippen molar-refractivity contribution in [3.8, 4) is 0 Å². The summed E-state index contributed by atoms with van der Waals surface area (Å²) in [5, 5.41) is 0.933. The molecule has 2 aliphatic heterocycles. The number of hydrogen-bond donors (Lipinski definition) is 1. The smallest absolute Gasteiger partial charge is 0.179 e. The van der Waals surface area contributed by atoms with E-state index in [1.54, 1.807) is 12.4 Å². The third-order valence-electron chi connectivity index (χ3n) is 4.55. The third kappa shape index (κ3) is 2.68. The Bertz CT molecular complexity index is 684. The van der Waals surface area contributed by atoms with Crippen molar-refractivity contribution in [2.24, 2.45) is 0 Å². The minimum atomic E-state index is 0.196. The van der Waals surface area contributed by atoms with E-state index in [2.05, 4.69) is 38.4 Å². The monoisotopic (exact) mass is 333 g/mol. The second-order valence-electron chi connectivity index (χ2n) is 5.91. The maximum atomic E-state index is 12.6. The van der Waals surface area contributed by atoms with Gasteiger partial charge in [0, 0.05) is 47.9 Å². The van der Waals surface area contributed by atoms with E-state index in [4.69, 9.17) is 0 Å². The Kier molecular flexibility index (Phi) is 3.92. The lowest BCUT2D eigenvalue weighted by Gasteiger charge is -2.37. The number of carbonyl (C=O) groups excluding carboxylic acids is 1. The summed E-state index contributed by atoms with van der Waals surface area (Å²) in [6, 6.07) is 3.84. The molecule has 1 spiro atoms. The number of likely N-dealkylation sites (tertiary alicyclic amines) is 1. The molecule has 0 aliphatic carbocycles. The summed E-state index contributed by atoms with van der Waals surface area (Å²) >= 11 is 4.25. The fraction of sp³-hybridized carbons (Fsp3) is 0.500. The molecule has 4 heterocycles. The number of H-pyrrole nitrogens is 1. The molecule has 2 aliphatic rings. The molecule has 2 aromatic heterocycles. The van der Waals surface area contributed by atoms with E-state index >= 15 is 0 Å². The highest BCUT2D eigenvalue weighted by molar-refractivity contribution is 8.21. The molecule has 6 heteroatoms. The van der Waals surface area contributed by atoms with E-state index in [9.17, 15) is 4.79 Å². The van der Waals surface area contributed by atoms with Crippen LogP contribution in [-0.4, -0.2) is 55.9 Å². The Hall–Kier alpha value is -0.980. The van der Waals surface area contributed by atoms with Gasteiger partial charge < -0.3 is 4.98 Å². The van der Waals surface area contributed by atoms with Crippen molar-refractivity contribution in [1.82, 2.24) is 14.9 Å². The van der Waals surface area contributed by atoms with Gasteiger partial charge in [0.1, 0.15) is 5.65 Å². The fourth-order valence-electron chi connectivity index (χ4n) is 3.31. The van der Waals surface area contributed by atoms with Crippen molar-refractivity contribution in [1.29, 1.82) is 0 Å². The highest BCUT2D eigenvalue weighted by Crippen LogP contribution is 2.50. The van der Waals surface area contributed by atoms with Crippen LogP contribution >= 0.6 is 23.5 Å². The maximum Gasteiger partial charge on any atom is 0.179 e. The minimum Gasteiger partial charge on any atom is -0.345 e. The van der Waals surface area contributed by atoms with Crippen LogP contribution in [0.3, 0.4) is 0 Å². The average molecular weight is 333 g/mol.